The molecule has 156 valence electrons. The molecular formula is C23H26N4O2S. The maximum absolute atomic E-state index is 12.7. The predicted octanol–water partition coefficient (Wildman–Crippen LogP) is 3.10. The Labute approximate surface area is 181 Å². The fourth-order valence-corrected chi connectivity index (χ4v) is 3.47. The number of hydrogen-bond donors (Lipinski definition) is 2. The van der Waals surface area contributed by atoms with E-state index < -0.39 is 6.04 Å². The van der Waals surface area contributed by atoms with E-state index in [2.05, 4.69) is 15.6 Å². The lowest BCUT2D eigenvalue weighted by atomic mass is 10.1. The number of thioether (sulfide) groups is 1. The van der Waals surface area contributed by atoms with Gasteiger partial charge in [0.05, 0.1) is 6.33 Å². The molecule has 0 bridgehead atoms. The lowest BCUT2D eigenvalue weighted by molar-refractivity contribution is -0.123. The number of benzene rings is 2. The van der Waals surface area contributed by atoms with Gasteiger partial charge in [0.15, 0.2) is 0 Å². The van der Waals surface area contributed by atoms with E-state index in [9.17, 15) is 9.59 Å². The first kappa shape index (κ1) is 21.6. The number of rotatable bonds is 10. The zero-order valence-electron chi connectivity index (χ0n) is 17.0. The van der Waals surface area contributed by atoms with Crippen LogP contribution in [0.15, 0.2) is 73.3 Å². The number of imidazole rings is 1. The minimum Gasteiger partial charge on any atom is -0.350 e. The standard InChI is InChI=1S/C23H26N4O2S/c1-30-14-11-21(26-22(28)20-5-3-2-4-6-20)23(29)25-15-18-7-9-19(10-8-18)16-27-13-12-24-17-27/h2-10,12-13,17,21H,11,14-16H2,1H3,(H,25,29)(H,26,28). The third-order valence-electron chi connectivity index (χ3n) is 4.68. The van der Waals surface area contributed by atoms with Gasteiger partial charge < -0.3 is 15.2 Å². The van der Waals surface area contributed by atoms with Gasteiger partial charge in [-0.1, -0.05) is 42.5 Å². The molecule has 1 heterocycles. The van der Waals surface area contributed by atoms with Crippen LogP contribution >= 0.6 is 11.8 Å². The maximum Gasteiger partial charge on any atom is 0.251 e. The number of carbonyl (C=O) groups is 2. The molecule has 0 fully saturated rings. The zero-order chi connectivity index (χ0) is 21.2. The molecule has 0 aliphatic heterocycles. The molecule has 0 saturated carbocycles. The van der Waals surface area contributed by atoms with E-state index in [0.717, 1.165) is 23.4 Å². The number of carbonyl (C=O) groups excluding carboxylic acids is 2. The Hall–Kier alpha value is -3.06. The van der Waals surface area contributed by atoms with Crippen LogP contribution in [0.3, 0.4) is 0 Å². The lowest BCUT2D eigenvalue weighted by Crippen LogP contribution is -2.46. The molecule has 3 rings (SSSR count). The highest BCUT2D eigenvalue weighted by Crippen LogP contribution is 2.08. The molecule has 0 radical (unpaired) electrons. The maximum atomic E-state index is 12.7. The SMILES string of the molecule is CSCCC(NC(=O)c1ccccc1)C(=O)NCc1ccc(Cn2ccnc2)cc1. The molecular weight excluding hydrogens is 396 g/mol. The van der Waals surface area contributed by atoms with Crippen LogP contribution in [0.5, 0.6) is 0 Å². The van der Waals surface area contributed by atoms with E-state index in [0.29, 0.717) is 18.5 Å². The number of amides is 2. The Morgan fingerprint density at radius 2 is 1.80 bits per heavy atom. The highest BCUT2D eigenvalue weighted by molar-refractivity contribution is 7.98. The van der Waals surface area contributed by atoms with E-state index in [1.54, 1.807) is 36.4 Å². The summed E-state index contributed by atoms with van der Waals surface area (Å²) in [5.74, 6) is 0.382. The van der Waals surface area contributed by atoms with Gasteiger partial charge in [0, 0.05) is 31.0 Å². The van der Waals surface area contributed by atoms with Gasteiger partial charge in [0.1, 0.15) is 6.04 Å². The summed E-state index contributed by atoms with van der Waals surface area (Å²) >= 11 is 1.65. The van der Waals surface area contributed by atoms with Crippen molar-refractivity contribution in [3.05, 3.63) is 90.0 Å². The first-order chi connectivity index (χ1) is 14.7. The Bertz CT molecular complexity index is 928. The molecule has 0 aliphatic rings. The first-order valence-corrected chi connectivity index (χ1v) is 11.2. The van der Waals surface area contributed by atoms with Gasteiger partial charge in [-0.25, -0.2) is 4.98 Å². The summed E-state index contributed by atoms with van der Waals surface area (Å²) < 4.78 is 2.00. The van der Waals surface area contributed by atoms with Gasteiger partial charge in [-0.15, -0.1) is 0 Å². The minimum atomic E-state index is -0.564. The molecule has 2 N–H and O–H groups in total. The van der Waals surface area contributed by atoms with Crippen LogP contribution < -0.4 is 10.6 Å². The third kappa shape index (κ3) is 6.49. The van der Waals surface area contributed by atoms with E-state index in [1.807, 2.05) is 59.5 Å². The summed E-state index contributed by atoms with van der Waals surface area (Å²) in [7, 11) is 0. The van der Waals surface area contributed by atoms with E-state index >= 15 is 0 Å². The summed E-state index contributed by atoms with van der Waals surface area (Å²) in [5, 5.41) is 5.82. The molecule has 1 aromatic heterocycles. The van der Waals surface area contributed by atoms with Crippen molar-refractivity contribution in [1.29, 1.82) is 0 Å². The van der Waals surface area contributed by atoms with E-state index in [4.69, 9.17) is 0 Å². The summed E-state index contributed by atoms with van der Waals surface area (Å²) in [4.78, 5) is 29.2. The van der Waals surface area contributed by atoms with Crippen molar-refractivity contribution < 1.29 is 9.59 Å². The monoisotopic (exact) mass is 422 g/mol. The molecule has 2 amide bonds. The molecule has 0 spiro atoms. The average Bonchev–Trinajstić information content (AvgIpc) is 3.29. The lowest BCUT2D eigenvalue weighted by Gasteiger charge is -2.18. The van der Waals surface area contributed by atoms with Crippen molar-refractivity contribution in [2.24, 2.45) is 0 Å². The predicted molar refractivity (Wildman–Crippen MR) is 120 cm³/mol. The van der Waals surface area contributed by atoms with E-state index in [-0.39, 0.29) is 11.8 Å². The van der Waals surface area contributed by atoms with E-state index in [1.165, 1.54) is 0 Å². The molecule has 6 nitrogen and oxygen atoms in total. The van der Waals surface area contributed by atoms with Gasteiger partial charge in [-0.2, -0.15) is 11.8 Å². The van der Waals surface area contributed by atoms with Crippen molar-refractivity contribution in [1.82, 2.24) is 20.2 Å². The minimum absolute atomic E-state index is 0.171. The molecule has 3 aromatic rings. The van der Waals surface area contributed by atoms with Crippen molar-refractivity contribution in [3.8, 4) is 0 Å². The largest absolute Gasteiger partial charge is 0.350 e. The smallest absolute Gasteiger partial charge is 0.251 e. The van der Waals surface area contributed by atoms with Crippen LogP contribution in [0.4, 0.5) is 0 Å². The van der Waals surface area contributed by atoms with Crippen LogP contribution in [0.2, 0.25) is 0 Å². The number of aromatic nitrogens is 2. The van der Waals surface area contributed by atoms with Gasteiger partial charge in [-0.05, 0) is 41.7 Å². The summed E-state index contributed by atoms with van der Waals surface area (Å²) in [5.41, 5.74) is 2.72. The zero-order valence-corrected chi connectivity index (χ0v) is 17.8. The fourth-order valence-electron chi connectivity index (χ4n) is 3.00. The number of nitrogens with zero attached hydrogens (tertiary/aromatic N) is 2. The fraction of sp³-hybridized carbons (Fsp3) is 0.261. The quantitative estimate of drug-likeness (QED) is 0.526. The Morgan fingerprint density at radius 1 is 1.07 bits per heavy atom. The second-order valence-corrected chi connectivity index (χ2v) is 7.93. The van der Waals surface area contributed by atoms with Gasteiger partial charge in [-0.3, -0.25) is 9.59 Å². The van der Waals surface area contributed by atoms with Crippen LogP contribution in [-0.4, -0.2) is 39.4 Å². The van der Waals surface area contributed by atoms with Crippen LogP contribution in [-0.2, 0) is 17.9 Å². The highest BCUT2D eigenvalue weighted by Gasteiger charge is 2.20. The number of nitrogens with one attached hydrogen (secondary N) is 2. The van der Waals surface area contributed by atoms with Crippen molar-refractivity contribution in [2.45, 2.75) is 25.6 Å². The summed E-state index contributed by atoms with van der Waals surface area (Å²) in [6.07, 6.45) is 8.03. The topological polar surface area (TPSA) is 76.0 Å². The molecule has 30 heavy (non-hydrogen) atoms. The average molecular weight is 423 g/mol. The molecule has 2 aromatic carbocycles. The second kappa shape index (κ2) is 11.2. The van der Waals surface area contributed by atoms with Crippen LogP contribution in [0.1, 0.15) is 27.9 Å². The highest BCUT2D eigenvalue weighted by atomic mass is 32.2. The Kier molecular flexibility index (Phi) is 8.09. The number of hydrogen-bond acceptors (Lipinski definition) is 4. The van der Waals surface area contributed by atoms with Crippen LogP contribution in [0.25, 0.3) is 0 Å². The van der Waals surface area contributed by atoms with Gasteiger partial charge in [0.2, 0.25) is 5.91 Å². The third-order valence-corrected chi connectivity index (χ3v) is 5.33. The summed E-state index contributed by atoms with van der Waals surface area (Å²) in [6, 6.07) is 16.5. The normalized spacial score (nSPS) is 11.6. The van der Waals surface area contributed by atoms with Crippen molar-refractivity contribution in [3.63, 3.8) is 0 Å². The van der Waals surface area contributed by atoms with Crippen molar-refractivity contribution >= 4 is 23.6 Å². The van der Waals surface area contributed by atoms with Crippen LogP contribution in [0, 0.1) is 0 Å². The molecule has 1 unspecified atom stereocenters. The van der Waals surface area contributed by atoms with Crippen molar-refractivity contribution in [2.75, 3.05) is 12.0 Å². The molecule has 1 atom stereocenters. The summed E-state index contributed by atoms with van der Waals surface area (Å²) in [6.45, 7) is 1.18. The molecule has 0 aliphatic carbocycles. The van der Waals surface area contributed by atoms with Gasteiger partial charge >= 0.3 is 0 Å². The first-order valence-electron chi connectivity index (χ1n) is 9.82. The second-order valence-electron chi connectivity index (χ2n) is 6.94. The van der Waals surface area contributed by atoms with Gasteiger partial charge in [0.25, 0.3) is 5.91 Å². The Balaban J connectivity index is 1.55. The molecule has 0 saturated heterocycles. The molecule has 7 heteroatoms. The Morgan fingerprint density at radius 3 is 2.47 bits per heavy atom.